The van der Waals surface area contributed by atoms with E-state index in [9.17, 15) is 9.59 Å². The Kier molecular flexibility index (Phi) is 4.96. The van der Waals surface area contributed by atoms with Gasteiger partial charge in [-0.15, -0.1) is 0 Å². The van der Waals surface area contributed by atoms with E-state index in [0.29, 0.717) is 18.6 Å². The van der Waals surface area contributed by atoms with Gasteiger partial charge in [-0.25, -0.2) is 5.01 Å². The number of anilines is 1. The zero-order valence-corrected chi connectivity index (χ0v) is 14.0. The van der Waals surface area contributed by atoms with Gasteiger partial charge in [0.15, 0.2) is 0 Å². The molecule has 2 amide bonds. The van der Waals surface area contributed by atoms with Crippen molar-refractivity contribution >= 4 is 35.0 Å². The fraction of sp³-hybridized carbons (Fsp3) is 0.167. The smallest absolute Gasteiger partial charge is 0.271 e. The van der Waals surface area contributed by atoms with E-state index in [-0.39, 0.29) is 11.8 Å². The fourth-order valence-electron chi connectivity index (χ4n) is 2.30. The zero-order valence-electron chi connectivity index (χ0n) is 13.2. The summed E-state index contributed by atoms with van der Waals surface area (Å²) in [7, 11) is 1.56. The first-order chi connectivity index (χ1) is 11.6. The summed E-state index contributed by atoms with van der Waals surface area (Å²) in [6.07, 6.45) is 0.673. The number of amides is 2. The highest BCUT2D eigenvalue weighted by Crippen LogP contribution is 2.33. The predicted molar refractivity (Wildman–Crippen MR) is 95.1 cm³/mol. The van der Waals surface area contributed by atoms with E-state index in [1.165, 1.54) is 5.01 Å². The van der Waals surface area contributed by atoms with Gasteiger partial charge >= 0.3 is 0 Å². The van der Waals surface area contributed by atoms with Gasteiger partial charge in [0.1, 0.15) is 5.71 Å². The Morgan fingerprint density at radius 2 is 1.79 bits per heavy atom. The maximum atomic E-state index is 12.4. The summed E-state index contributed by atoms with van der Waals surface area (Å²) in [5.74, 6) is -0.345. The lowest BCUT2D eigenvalue weighted by molar-refractivity contribution is -0.130. The molecule has 5 nitrogen and oxygen atoms in total. The van der Waals surface area contributed by atoms with Crippen LogP contribution >= 0.6 is 11.8 Å². The predicted octanol–water partition coefficient (Wildman–Crippen LogP) is 3.38. The summed E-state index contributed by atoms with van der Waals surface area (Å²) in [6, 6.07) is 17.6. The van der Waals surface area contributed by atoms with Crippen molar-refractivity contribution in [1.29, 1.82) is 0 Å². The van der Waals surface area contributed by atoms with Crippen LogP contribution in [0.3, 0.4) is 0 Å². The largest absolute Gasteiger partial charge is 0.320 e. The number of nitrogens with one attached hydrogen (secondary N) is 1. The van der Waals surface area contributed by atoms with Crippen molar-refractivity contribution in [2.45, 2.75) is 22.6 Å². The van der Waals surface area contributed by atoms with E-state index in [1.54, 1.807) is 18.8 Å². The maximum absolute atomic E-state index is 12.4. The van der Waals surface area contributed by atoms with Crippen molar-refractivity contribution in [2.24, 2.45) is 5.10 Å². The highest BCUT2D eigenvalue weighted by atomic mass is 32.2. The number of nitrogens with zero attached hydrogens (tertiary/aromatic N) is 2. The third-order valence-corrected chi connectivity index (χ3v) is 4.66. The topological polar surface area (TPSA) is 61.8 Å². The Labute approximate surface area is 144 Å². The molecule has 24 heavy (non-hydrogen) atoms. The van der Waals surface area contributed by atoms with Gasteiger partial charge in [0.2, 0.25) is 5.91 Å². The molecular formula is C18H17N3O2S. The average molecular weight is 339 g/mol. The van der Waals surface area contributed by atoms with Crippen LogP contribution in [0.15, 0.2) is 69.5 Å². The van der Waals surface area contributed by atoms with Crippen LogP contribution in [-0.4, -0.2) is 29.6 Å². The molecule has 0 spiro atoms. The van der Waals surface area contributed by atoms with Gasteiger partial charge in [0.25, 0.3) is 5.91 Å². The Balaban J connectivity index is 1.77. The molecule has 0 bridgehead atoms. The summed E-state index contributed by atoms with van der Waals surface area (Å²) in [5, 5.41) is 8.19. The Hall–Kier alpha value is -2.60. The normalized spacial score (nSPS) is 14.3. The average Bonchev–Trinajstić information content (AvgIpc) is 2.60. The summed E-state index contributed by atoms with van der Waals surface area (Å²) in [6.45, 7) is 0. The molecule has 0 unspecified atom stereocenters. The quantitative estimate of drug-likeness (QED) is 0.929. The maximum Gasteiger partial charge on any atom is 0.271 e. The van der Waals surface area contributed by atoms with Gasteiger partial charge < -0.3 is 5.32 Å². The third kappa shape index (κ3) is 3.83. The summed E-state index contributed by atoms with van der Waals surface area (Å²) in [5.41, 5.74) is 1.11. The lowest BCUT2D eigenvalue weighted by atomic mass is 10.1. The van der Waals surface area contributed by atoms with E-state index in [2.05, 4.69) is 10.4 Å². The molecule has 122 valence electrons. The van der Waals surface area contributed by atoms with E-state index in [4.69, 9.17) is 0 Å². The fourth-order valence-corrected chi connectivity index (χ4v) is 3.22. The van der Waals surface area contributed by atoms with Crippen LogP contribution in [0.4, 0.5) is 5.69 Å². The number of carbonyl (C=O) groups is 2. The van der Waals surface area contributed by atoms with Gasteiger partial charge in [-0.1, -0.05) is 42.1 Å². The third-order valence-electron chi connectivity index (χ3n) is 3.58. The molecule has 3 rings (SSSR count). The SMILES string of the molecule is CN1N=C(C(=O)Nc2ccccc2Sc2ccccc2)CCC1=O. The van der Waals surface area contributed by atoms with Crippen molar-refractivity contribution in [3.63, 3.8) is 0 Å². The Morgan fingerprint density at radius 1 is 1.08 bits per heavy atom. The molecule has 2 aromatic rings. The van der Waals surface area contributed by atoms with Crippen molar-refractivity contribution in [3.8, 4) is 0 Å². The Bertz CT molecular complexity index is 790. The molecule has 1 aliphatic heterocycles. The van der Waals surface area contributed by atoms with Crippen LogP contribution in [-0.2, 0) is 9.59 Å². The summed E-state index contributed by atoms with van der Waals surface area (Å²) < 4.78 is 0. The first kappa shape index (κ1) is 16.3. The van der Waals surface area contributed by atoms with Crippen molar-refractivity contribution in [3.05, 3.63) is 54.6 Å². The number of rotatable bonds is 4. The van der Waals surface area contributed by atoms with Gasteiger partial charge in [-0.2, -0.15) is 5.10 Å². The lowest BCUT2D eigenvalue weighted by Crippen LogP contribution is -2.34. The van der Waals surface area contributed by atoms with Gasteiger partial charge in [0, 0.05) is 29.7 Å². The van der Waals surface area contributed by atoms with Crippen LogP contribution < -0.4 is 5.32 Å². The van der Waals surface area contributed by atoms with E-state index in [0.717, 1.165) is 15.5 Å². The molecule has 0 saturated heterocycles. The minimum atomic E-state index is -0.268. The Morgan fingerprint density at radius 3 is 2.54 bits per heavy atom. The first-order valence-electron chi connectivity index (χ1n) is 7.61. The second kappa shape index (κ2) is 7.31. The van der Waals surface area contributed by atoms with Crippen LogP contribution in [0.1, 0.15) is 12.8 Å². The van der Waals surface area contributed by atoms with Gasteiger partial charge in [0.05, 0.1) is 5.69 Å². The van der Waals surface area contributed by atoms with Gasteiger partial charge in [-0.3, -0.25) is 9.59 Å². The summed E-state index contributed by atoms with van der Waals surface area (Å²) in [4.78, 5) is 26.0. The molecule has 0 aliphatic carbocycles. The minimum absolute atomic E-state index is 0.0772. The van der Waals surface area contributed by atoms with Gasteiger partial charge in [-0.05, 0) is 24.3 Å². The molecule has 0 radical (unpaired) electrons. The van der Waals surface area contributed by atoms with Crippen molar-refractivity contribution in [1.82, 2.24) is 5.01 Å². The summed E-state index contributed by atoms with van der Waals surface area (Å²) >= 11 is 1.58. The standard InChI is InChI=1S/C18H17N3O2S/c1-21-17(22)12-11-15(20-21)18(23)19-14-9-5-6-10-16(14)24-13-7-3-2-4-8-13/h2-10H,11-12H2,1H3,(H,19,23). The van der Waals surface area contributed by atoms with E-state index in [1.807, 2.05) is 54.6 Å². The van der Waals surface area contributed by atoms with Crippen LogP contribution in [0.25, 0.3) is 0 Å². The highest BCUT2D eigenvalue weighted by Gasteiger charge is 2.22. The number of benzene rings is 2. The number of hydrogen-bond acceptors (Lipinski definition) is 4. The monoisotopic (exact) mass is 339 g/mol. The highest BCUT2D eigenvalue weighted by molar-refractivity contribution is 7.99. The molecule has 6 heteroatoms. The molecule has 0 fully saturated rings. The van der Waals surface area contributed by atoms with Crippen LogP contribution in [0.5, 0.6) is 0 Å². The molecule has 0 saturated carbocycles. The lowest BCUT2D eigenvalue weighted by Gasteiger charge is -2.19. The molecule has 2 aromatic carbocycles. The second-order valence-electron chi connectivity index (χ2n) is 5.33. The number of hydrogen-bond donors (Lipinski definition) is 1. The zero-order chi connectivity index (χ0) is 16.9. The minimum Gasteiger partial charge on any atom is -0.320 e. The molecule has 1 heterocycles. The number of hydrazone groups is 1. The van der Waals surface area contributed by atoms with Crippen LogP contribution in [0.2, 0.25) is 0 Å². The molecule has 1 N–H and O–H groups in total. The van der Waals surface area contributed by atoms with Crippen LogP contribution in [0, 0.1) is 0 Å². The van der Waals surface area contributed by atoms with E-state index < -0.39 is 0 Å². The van der Waals surface area contributed by atoms with E-state index >= 15 is 0 Å². The molecule has 0 aromatic heterocycles. The second-order valence-corrected chi connectivity index (χ2v) is 6.44. The van der Waals surface area contributed by atoms with Crippen molar-refractivity contribution in [2.75, 3.05) is 12.4 Å². The van der Waals surface area contributed by atoms with Crippen molar-refractivity contribution < 1.29 is 9.59 Å². The molecule has 0 atom stereocenters. The molecular weight excluding hydrogens is 322 g/mol. The first-order valence-corrected chi connectivity index (χ1v) is 8.42. The number of carbonyl (C=O) groups excluding carboxylic acids is 2. The number of para-hydroxylation sites is 1. The molecule has 1 aliphatic rings.